The predicted molar refractivity (Wildman–Crippen MR) is 52.3 cm³/mol. The number of likely N-dealkylation sites (tertiary alicyclic amines) is 1. The lowest BCUT2D eigenvalue weighted by atomic mass is 9.83. The molecule has 1 saturated carbocycles. The smallest absolute Gasteiger partial charge is 0.0209 e. The third kappa shape index (κ3) is 1.19. The molecular formula is C11H21N. The molecule has 1 heterocycles. The van der Waals surface area contributed by atoms with E-state index >= 15 is 0 Å². The fraction of sp³-hybridized carbons (Fsp3) is 1.00. The molecule has 1 nitrogen and oxygen atoms in total. The van der Waals surface area contributed by atoms with Crippen molar-refractivity contribution in [3.8, 4) is 0 Å². The van der Waals surface area contributed by atoms with E-state index in [1.165, 1.54) is 44.9 Å². The van der Waals surface area contributed by atoms with E-state index in [2.05, 4.69) is 18.9 Å². The van der Waals surface area contributed by atoms with Gasteiger partial charge in [-0.2, -0.15) is 0 Å². The van der Waals surface area contributed by atoms with Crippen molar-refractivity contribution in [2.24, 2.45) is 0 Å². The minimum absolute atomic E-state index is 0.637. The molecule has 1 aliphatic heterocycles. The van der Waals surface area contributed by atoms with Crippen molar-refractivity contribution in [3.63, 3.8) is 0 Å². The number of rotatable bonds is 0. The molecule has 1 saturated heterocycles. The first-order chi connectivity index (χ1) is 5.75. The first kappa shape index (κ1) is 8.55. The van der Waals surface area contributed by atoms with Gasteiger partial charge in [-0.05, 0) is 39.7 Å². The summed E-state index contributed by atoms with van der Waals surface area (Å²) in [4.78, 5) is 2.67. The largest absolute Gasteiger partial charge is 0.298 e. The Morgan fingerprint density at radius 3 is 2.33 bits per heavy atom. The van der Waals surface area contributed by atoms with Gasteiger partial charge < -0.3 is 0 Å². The van der Waals surface area contributed by atoms with Gasteiger partial charge in [-0.15, -0.1) is 0 Å². The second-order valence-electron chi connectivity index (χ2n) is 4.78. The summed E-state index contributed by atoms with van der Waals surface area (Å²) in [5.41, 5.74) is 0.637. The summed E-state index contributed by atoms with van der Waals surface area (Å²) in [6.45, 7) is 2.39. The fourth-order valence-corrected chi connectivity index (χ4v) is 3.20. The highest BCUT2D eigenvalue weighted by Gasteiger charge is 2.41. The van der Waals surface area contributed by atoms with Crippen LogP contribution in [0.5, 0.6) is 0 Å². The zero-order chi connectivity index (χ0) is 8.60. The van der Waals surface area contributed by atoms with Crippen molar-refractivity contribution >= 4 is 0 Å². The molecule has 0 aromatic carbocycles. The minimum atomic E-state index is 0.637. The summed E-state index contributed by atoms with van der Waals surface area (Å²) in [7, 11) is 2.34. The van der Waals surface area contributed by atoms with Gasteiger partial charge in [0.05, 0.1) is 0 Å². The van der Waals surface area contributed by atoms with Crippen LogP contribution in [0, 0.1) is 0 Å². The van der Waals surface area contributed by atoms with Gasteiger partial charge >= 0.3 is 0 Å². The molecule has 70 valence electrons. The molecule has 0 bridgehead atoms. The molecule has 1 aliphatic carbocycles. The topological polar surface area (TPSA) is 3.24 Å². The molecule has 2 aliphatic rings. The number of piperidine rings is 1. The molecule has 0 amide bonds. The Morgan fingerprint density at radius 2 is 1.67 bits per heavy atom. The lowest BCUT2D eigenvalue weighted by Crippen LogP contribution is -2.51. The molecule has 12 heavy (non-hydrogen) atoms. The van der Waals surface area contributed by atoms with E-state index in [4.69, 9.17) is 0 Å². The van der Waals surface area contributed by atoms with E-state index in [1.807, 2.05) is 0 Å². The molecular weight excluding hydrogens is 146 g/mol. The van der Waals surface area contributed by atoms with E-state index < -0.39 is 0 Å². The highest BCUT2D eigenvalue weighted by atomic mass is 15.2. The second-order valence-corrected chi connectivity index (χ2v) is 4.78. The van der Waals surface area contributed by atoms with Crippen LogP contribution in [0.3, 0.4) is 0 Å². The highest BCUT2D eigenvalue weighted by molar-refractivity contribution is 4.97. The molecule has 2 fully saturated rings. The molecule has 1 atom stereocenters. The van der Waals surface area contributed by atoms with E-state index in [-0.39, 0.29) is 0 Å². The number of hydrogen-bond donors (Lipinski definition) is 0. The van der Waals surface area contributed by atoms with Crippen molar-refractivity contribution in [1.29, 1.82) is 0 Å². The molecule has 0 aromatic rings. The van der Waals surface area contributed by atoms with Gasteiger partial charge in [-0.3, -0.25) is 4.90 Å². The molecule has 1 unspecified atom stereocenters. The lowest BCUT2D eigenvalue weighted by molar-refractivity contribution is 0.0359. The van der Waals surface area contributed by atoms with Crippen LogP contribution in [-0.2, 0) is 0 Å². The maximum Gasteiger partial charge on any atom is 0.0209 e. The van der Waals surface area contributed by atoms with Crippen LogP contribution < -0.4 is 0 Å². The maximum absolute atomic E-state index is 2.67. The van der Waals surface area contributed by atoms with Crippen molar-refractivity contribution in [2.75, 3.05) is 7.05 Å². The molecule has 1 spiro atoms. The highest BCUT2D eigenvalue weighted by Crippen LogP contribution is 2.42. The van der Waals surface area contributed by atoms with Crippen LogP contribution in [0.25, 0.3) is 0 Å². The van der Waals surface area contributed by atoms with Crippen molar-refractivity contribution in [3.05, 3.63) is 0 Å². The number of nitrogens with zero attached hydrogens (tertiary/aromatic N) is 1. The Kier molecular flexibility index (Phi) is 2.16. The summed E-state index contributed by atoms with van der Waals surface area (Å²) in [6.07, 6.45) is 10.2. The SMILES string of the molecule is CC1CCCC2(CCCC2)N1C. The van der Waals surface area contributed by atoms with Gasteiger partial charge in [-0.1, -0.05) is 19.3 Å². The van der Waals surface area contributed by atoms with Crippen LogP contribution in [0.4, 0.5) is 0 Å². The zero-order valence-corrected chi connectivity index (χ0v) is 8.47. The summed E-state index contributed by atoms with van der Waals surface area (Å²) in [5.74, 6) is 0. The lowest BCUT2D eigenvalue weighted by Gasteiger charge is -2.46. The van der Waals surface area contributed by atoms with Crippen molar-refractivity contribution < 1.29 is 0 Å². The first-order valence-electron chi connectivity index (χ1n) is 5.48. The predicted octanol–water partition coefficient (Wildman–Crippen LogP) is 2.80. The summed E-state index contributed by atoms with van der Waals surface area (Å²) in [6, 6.07) is 0.830. The normalized spacial score (nSPS) is 36.0. The Hall–Kier alpha value is -0.0400. The fourth-order valence-electron chi connectivity index (χ4n) is 3.20. The maximum atomic E-state index is 2.67. The summed E-state index contributed by atoms with van der Waals surface area (Å²) in [5, 5.41) is 0. The van der Waals surface area contributed by atoms with Gasteiger partial charge in [0.2, 0.25) is 0 Å². The Bertz CT molecular complexity index is 158. The quantitative estimate of drug-likeness (QED) is 0.536. The molecule has 0 radical (unpaired) electrons. The van der Waals surface area contributed by atoms with E-state index in [9.17, 15) is 0 Å². The third-order valence-corrected chi connectivity index (χ3v) is 4.21. The van der Waals surface area contributed by atoms with Crippen LogP contribution in [-0.4, -0.2) is 23.5 Å². The van der Waals surface area contributed by atoms with Crippen LogP contribution in [0.15, 0.2) is 0 Å². The molecule has 2 rings (SSSR count). The third-order valence-electron chi connectivity index (χ3n) is 4.21. The molecule has 0 N–H and O–H groups in total. The van der Waals surface area contributed by atoms with Crippen molar-refractivity contribution in [2.45, 2.75) is 63.5 Å². The molecule has 1 heteroatoms. The average molecular weight is 167 g/mol. The Balaban J connectivity index is 2.11. The average Bonchev–Trinajstić information content (AvgIpc) is 2.50. The Labute approximate surface area is 76.1 Å². The Morgan fingerprint density at radius 1 is 1.08 bits per heavy atom. The van der Waals surface area contributed by atoms with Crippen LogP contribution in [0.2, 0.25) is 0 Å². The number of hydrogen-bond acceptors (Lipinski definition) is 1. The standard InChI is InChI=1S/C11H21N/c1-10-6-5-9-11(12(10)2)7-3-4-8-11/h10H,3-9H2,1-2H3. The van der Waals surface area contributed by atoms with Gasteiger partial charge in [-0.25, -0.2) is 0 Å². The van der Waals surface area contributed by atoms with Gasteiger partial charge in [0.1, 0.15) is 0 Å². The van der Waals surface area contributed by atoms with E-state index in [1.54, 1.807) is 0 Å². The van der Waals surface area contributed by atoms with Gasteiger partial charge in [0.15, 0.2) is 0 Å². The van der Waals surface area contributed by atoms with Crippen LogP contribution in [0.1, 0.15) is 51.9 Å². The van der Waals surface area contributed by atoms with E-state index in [0.717, 1.165) is 6.04 Å². The van der Waals surface area contributed by atoms with Crippen LogP contribution >= 0.6 is 0 Å². The second kappa shape index (κ2) is 3.02. The van der Waals surface area contributed by atoms with Gasteiger partial charge in [0.25, 0.3) is 0 Å². The van der Waals surface area contributed by atoms with Gasteiger partial charge in [0, 0.05) is 11.6 Å². The van der Waals surface area contributed by atoms with E-state index in [0.29, 0.717) is 5.54 Å². The van der Waals surface area contributed by atoms with Crippen molar-refractivity contribution in [1.82, 2.24) is 4.90 Å². The monoisotopic (exact) mass is 167 g/mol. The molecule has 0 aromatic heterocycles. The first-order valence-corrected chi connectivity index (χ1v) is 5.48. The minimum Gasteiger partial charge on any atom is -0.298 e. The summed E-state index contributed by atoms with van der Waals surface area (Å²) < 4.78 is 0. The summed E-state index contributed by atoms with van der Waals surface area (Å²) >= 11 is 0. The zero-order valence-electron chi connectivity index (χ0n) is 8.47.